The van der Waals surface area contributed by atoms with Gasteiger partial charge in [0, 0.05) is 34.2 Å². The van der Waals surface area contributed by atoms with Gasteiger partial charge in [-0.05, 0) is 43.4 Å². The van der Waals surface area contributed by atoms with Crippen LogP contribution in [0, 0.1) is 16.7 Å². The summed E-state index contributed by atoms with van der Waals surface area (Å²) in [5, 5.41) is 25.7. The highest BCUT2D eigenvalue weighted by molar-refractivity contribution is 7.15. The lowest BCUT2D eigenvalue weighted by atomic mass is 9.47. The molecule has 184 valence electrons. The number of aliphatic hydroxyl groups is 2. The molecular formula is C28H38N2O3S. The molecular weight excluding hydrogens is 444 g/mol. The molecule has 5 unspecified atom stereocenters. The van der Waals surface area contributed by atoms with E-state index in [-0.39, 0.29) is 29.8 Å². The van der Waals surface area contributed by atoms with E-state index in [1.807, 2.05) is 25.1 Å². The van der Waals surface area contributed by atoms with Gasteiger partial charge in [-0.3, -0.25) is 4.79 Å². The van der Waals surface area contributed by atoms with Crippen LogP contribution < -0.4 is 5.32 Å². The van der Waals surface area contributed by atoms with E-state index in [1.165, 1.54) is 24.1 Å². The van der Waals surface area contributed by atoms with Gasteiger partial charge in [-0.2, -0.15) is 0 Å². The van der Waals surface area contributed by atoms with Crippen LogP contribution >= 0.6 is 11.3 Å². The average molecular weight is 483 g/mol. The molecule has 2 saturated carbocycles. The van der Waals surface area contributed by atoms with Gasteiger partial charge in [-0.1, -0.05) is 63.4 Å². The number of amides is 1. The Morgan fingerprint density at radius 3 is 2.59 bits per heavy atom. The Morgan fingerprint density at radius 2 is 1.88 bits per heavy atom. The van der Waals surface area contributed by atoms with Gasteiger partial charge >= 0.3 is 0 Å². The fraction of sp³-hybridized carbons (Fsp3) is 0.643. The summed E-state index contributed by atoms with van der Waals surface area (Å²) in [6.45, 7) is 4.26. The maximum absolute atomic E-state index is 13.3. The molecule has 34 heavy (non-hydrogen) atoms. The van der Waals surface area contributed by atoms with Crippen molar-refractivity contribution in [2.75, 3.05) is 6.61 Å². The molecule has 0 saturated heterocycles. The van der Waals surface area contributed by atoms with E-state index in [9.17, 15) is 15.0 Å². The summed E-state index contributed by atoms with van der Waals surface area (Å²) >= 11 is 1.72. The van der Waals surface area contributed by atoms with Crippen LogP contribution in [0.5, 0.6) is 0 Å². The summed E-state index contributed by atoms with van der Waals surface area (Å²) in [4.78, 5) is 19.7. The van der Waals surface area contributed by atoms with E-state index < -0.39 is 11.5 Å². The van der Waals surface area contributed by atoms with Crippen molar-refractivity contribution in [3.05, 3.63) is 40.9 Å². The maximum atomic E-state index is 13.3. The third-order valence-corrected chi connectivity index (χ3v) is 10.4. The molecule has 6 heteroatoms. The third-order valence-electron chi connectivity index (χ3n) is 9.27. The van der Waals surface area contributed by atoms with E-state index in [1.54, 1.807) is 11.3 Å². The van der Waals surface area contributed by atoms with E-state index in [4.69, 9.17) is 4.98 Å². The zero-order valence-electron chi connectivity index (χ0n) is 20.4. The lowest BCUT2D eigenvalue weighted by molar-refractivity contribution is -0.144. The number of hydrogen-bond donors (Lipinski definition) is 3. The molecule has 1 heterocycles. The van der Waals surface area contributed by atoms with Gasteiger partial charge in [-0.15, -0.1) is 11.3 Å². The Bertz CT molecular complexity index is 1020. The van der Waals surface area contributed by atoms with E-state index >= 15 is 0 Å². The maximum Gasteiger partial charge on any atom is 0.220 e. The Kier molecular flexibility index (Phi) is 6.60. The van der Waals surface area contributed by atoms with Crippen molar-refractivity contribution in [1.29, 1.82) is 0 Å². The minimum Gasteiger partial charge on any atom is -0.396 e. The van der Waals surface area contributed by atoms with Crippen molar-refractivity contribution in [3.63, 3.8) is 0 Å². The monoisotopic (exact) mass is 482 g/mol. The van der Waals surface area contributed by atoms with Gasteiger partial charge in [0.1, 0.15) is 5.01 Å². The number of rotatable bonds is 5. The van der Waals surface area contributed by atoms with Crippen molar-refractivity contribution in [2.45, 2.75) is 89.7 Å². The first-order valence-corrected chi connectivity index (χ1v) is 13.8. The second-order valence-electron chi connectivity index (χ2n) is 11.3. The first kappa shape index (κ1) is 24.0. The number of aliphatic hydroxyl groups excluding tert-OH is 2. The molecule has 1 amide bonds. The van der Waals surface area contributed by atoms with Gasteiger partial charge in [0.05, 0.1) is 18.4 Å². The zero-order chi connectivity index (χ0) is 23.9. The molecule has 1 aromatic carbocycles. The standard InChI is InChI=1S/C28H38N2O3S/c1-27-14-13-23(32)28(2,17-31)22(27)16-21-25(30-26(34-21)18-9-5-3-6-10-18)20(27)15-24(33)29-19-11-7-4-8-12-19/h3,5-6,9-10,19-20,22-23,31-32H,4,7-8,11-17H2,1-2H3,(H,29,33). The van der Waals surface area contributed by atoms with Crippen molar-refractivity contribution in [1.82, 2.24) is 10.3 Å². The molecule has 3 N–H and O–H groups in total. The van der Waals surface area contributed by atoms with Crippen LogP contribution in [0.4, 0.5) is 0 Å². The molecule has 1 aromatic heterocycles. The first-order valence-electron chi connectivity index (χ1n) is 13.0. The number of nitrogens with zero attached hydrogens (tertiary/aromatic N) is 1. The van der Waals surface area contributed by atoms with Gasteiger partial charge in [0.15, 0.2) is 0 Å². The molecule has 0 aliphatic heterocycles. The predicted molar refractivity (Wildman–Crippen MR) is 136 cm³/mol. The second kappa shape index (κ2) is 9.36. The predicted octanol–water partition coefficient (Wildman–Crippen LogP) is 5.06. The lowest BCUT2D eigenvalue weighted by Crippen LogP contribution is -2.57. The summed E-state index contributed by atoms with van der Waals surface area (Å²) in [5.41, 5.74) is 1.39. The molecule has 3 aliphatic carbocycles. The minimum atomic E-state index is -0.584. The van der Waals surface area contributed by atoms with Gasteiger partial charge < -0.3 is 15.5 Å². The molecule has 0 spiro atoms. The molecule has 0 radical (unpaired) electrons. The van der Waals surface area contributed by atoms with Crippen molar-refractivity contribution < 1.29 is 15.0 Å². The van der Waals surface area contributed by atoms with E-state index in [0.29, 0.717) is 18.9 Å². The number of carbonyl (C=O) groups excluding carboxylic acids is 1. The Balaban J connectivity index is 1.52. The molecule has 0 bridgehead atoms. The van der Waals surface area contributed by atoms with Crippen LogP contribution in [-0.4, -0.2) is 39.9 Å². The molecule has 5 nitrogen and oxygen atoms in total. The summed E-state index contributed by atoms with van der Waals surface area (Å²) in [6.07, 6.45) is 7.98. The van der Waals surface area contributed by atoms with Crippen LogP contribution in [0.15, 0.2) is 30.3 Å². The quantitative estimate of drug-likeness (QED) is 0.556. The first-order chi connectivity index (χ1) is 16.3. The Hall–Kier alpha value is -1.76. The number of carbonyl (C=O) groups is 1. The lowest BCUT2D eigenvalue weighted by Gasteiger charge is -2.58. The van der Waals surface area contributed by atoms with E-state index in [2.05, 4.69) is 24.4 Å². The average Bonchev–Trinajstić information content (AvgIpc) is 3.28. The molecule has 5 atom stereocenters. The zero-order valence-corrected chi connectivity index (χ0v) is 21.2. The number of thiazole rings is 1. The van der Waals surface area contributed by atoms with Crippen molar-refractivity contribution in [2.24, 2.45) is 16.7 Å². The number of hydrogen-bond acceptors (Lipinski definition) is 5. The fourth-order valence-electron chi connectivity index (χ4n) is 7.07. The Morgan fingerprint density at radius 1 is 1.15 bits per heavy atom. The molecule has 2 aromatic rings. The molecule has 3 aliphatic rings. The molecule has 5 rings (SSSR count). The van der Waals surface area contributed by atoms with Crippen LogP contribution in [0.25, 0.3) is 10.6 Å². The second-order valence-corrected chi connectivity index (χ2v) is 12.4. The minimum absolute atomic E-state index is 0.0167. The van der Waals surface area contributed by atoms with E-state index in [0.717, 1.165) is 41.9 Å². The van der Waals surface area contributed by atoms with Gasteiger partial charge in [-0.25, -0.2) is 4.98 Å². The summed E-state index contributed by atoms with van der Waals surface area (Å²) < 4.78 is 0. The summed E-state index contributed by atoms with van der Waals surface area (Å²) in [7, 11) is 0. The normalized spacial score (nSPS) is 33.7. The molecule has 2 fully saturated rings. The van der Waals surface area contributed by atoms with Gasteiger partial charge in [0.2, 0.25) is 5.91 Å². The van der Waals surface area contributed by atoms with Crippen LogP contribution in [0.3, 0.4) is 0 Å². The summed E-state index contributed by atoms with van der Waals surface area (Å²) in [6, 6.07) is 10.5. The smallest absolute Gasteiger partial charge is 0.220 e. The van der Waals surface area contributed by atoms with Crippen molar-refractivity contribution in [3.8, 4) is 10.6 Å². The number of benzene rings is 1. The van der Waals surface area contributed by atoms with Gasteiger partial charge in [0.25, 0.3) is 0 Å². The topological polar surface area (TPSA) is 82.5 Å². The highest BCUT2D eigenvalue weighted by Gasteiger charge is 2.59. The largest absolute Gasteiger partial charge is 0.396 e. The highest BCUT2D eigenvalue weighted by atomic mass is 32.1. The SMILES string of the molecule is CC1(CO)C(O)CCC2(C)C(CC(=O)NC3CCCCC3)c3nc(-c4ccccc4)sc3CC12. The Labute approximate surface area is 207 Å². The van der Waals surface area contributed by atoms with Crippen LogP contribution in [0.1, 0.15) is 81.7 Å². The number of aromatic nitrogens is 1. The highest BCUT2D eigenvalue weighted by Crippen LogP contribution is 2.62. The van der Waals surface area contributed by atoms with Crippen LogP contribution in [-0.2, 0) is 11.2 Å². The third kappa shape index (κ3) is 4.12. The van der Waals surface area contributed by atoms with Crippen molar-refractivity contribution >= 4 is 17.2 Å². The van der Waals surface area contributed by atoms with Crippen LogP contribution in [0.2, 0.25) is 0 Å². The fourth-order valence-corrected chi connectivity index (χ4v) is 8.24. The number of fused-ring (bicyclic) bond motifs is 2. The number of nitrogens with one attached hydrogen (secondary N) is 1. The summed E-state index contributed by atoms with van der Waals surface area (Å²) in [5.74, 6) is 0.200.